The van der Waals surface area contributed by atoms with Gasteiger partial charge in [-0.2, -0.15) is 8.75 Å². The lowest BCUT2D eigenvalue weighted by Crippen LogP contribution is -2.35. The highest BCUT2D eigenvalue weighted by molar-refractivity contribution is 7.00. The van der Waals surface area contributed by atoms with Gasteiger partial charge in [-0.05, 0) is 18.2 Å². The van der Waals surface area contributed by atoms with Gasteiger partial charge in [0.25, 0.3) is 0 Å². The minimum Gasteiger partial charge on any atom is -0.379 e. The molecule has 1 aliphatic heterocycles. The highest BCUT2D eigenvalue weighted by Gasteiger charge is 2.11. The number of hydrogen-bond donors (Lipinski definition) is 1. The minimum atomic E-state index is 0.691. The second-order valence-corrected chi connectivity index (χ2v) is 6.33. The van der Waals surface area contributed by atoms with Gasteiger partial charge in [-0.1, -0.05) is 18.2 Å². The van der Waals surface area contributed by atoms with E-state index in [0.717, 1.165) is 61.0 Å². The molecule has 6 nitrogen and oxygen atoms in total. The Hall–Kier alpha value is -2.09. The second-order valence-electron chi connectivity index (χ2n) is 5.81. The predicted octanol–water partition coefficient (Wildman–Crippen LogP) is 2.53. The van der Waals surface area contributed by atoms with Crippen molar-refractivity contribution in [2.24, 2.45) is 0 Å². The zero-order valence-corrected chi connectivity index (χ0v) is 14.1. The number of benzene rings is 1. The lowest BCUT2D eigenvalue weighted by molar-refractivity contribution is 0.0337. The van der Waals surface area contributed by atoms with Gasteiger partial charge < -0.3 is 10.1 Å². The van der Waals surface area contributed by atoms with E-state index in [-0.39, 0.29) is 0 Å². The third-order valence-electron chi connectivity index (χ3n) is 4.13. The second kappa shape index (κ2) is 7.21. The van der Waals surface area contributed by atoms with Crippen LogP contribution in [0.1, 0.15) is 11.3 Å². The number of morpholine rings is 1. The maximum Gasteiger partial charge on any atom is 0.126 e. The lowest BCUT2D eigenvalue weighted by atomic mass is 10.2. The number of rotatable bonds is 5. The first-order chi connectivity index (χ1) is 11.9. The van der Waals surface area contributed by atoms with E-state index in [2.05, 4.69) is 37.2 Å². The molecular formula is C17H19N5OS. The summed E-state index contributed by atoms with van der Waals surface area (Å²) in [6.45, 7) is 5.12. The minimum absolute atomic E-state index is 0.691. The molecular weight excluding hydrogens is 322 g/mol. The van der Waals surface area contributed by atoms with E-state index in [1.807, 2.05) is 18.2 Å². The summed E-state index contributed by atoms with van der Waals surface area (Å²) >= 11 is 1.25. The van der Waals surface area contributed by atoms with Gasteiger partial charge in [0.2, 0.25) is 0 Å². The van der Waals surface area contributed by atoms with Crippen LogP contribution in [0.4, 0.5) is 5.82 Å². The summed E-state index contributed by atoms with van der Waals surface area (Å²) in [6, 6.07) is 12.2. The van der Waals surface area contributed by atoms with Crippen molar-refractivity contribution in [1.29, 1.82) is 0 Å². The number of ether oxygens (including phenoxy) is 1. The normalized spacial score (nSPS) is 15.7. The van der Waals surface area contributed by atoms with Gasteiger partial charge in [-0.15, -0.1) is 0 Å². The first-order valence-corrected chi connectivity index (χ1v) is 8.81. The molecule has 0 atom stereocenters. The summed E-state index contributed by atoms with van der Waals surface area (Å²) in [4.78, 5) is 7.09. The molecule has 24 heavy (non-hydrogen) atoms. The van der Waals surface area contributed by atoms with E-state index >= 15 is 0 Å². The standard InChI is InChI=1S/C17H19N5OS/c1-3-13(17-15(5-1)20-24-21-17)11-18-16-6-2-4-14(19-16)12-22-7-9-23-10-8-22/h1-6H,7-12H2,(H,18,19). The van der Waals surface area contributed by atoms with Gasteiger partial charge in [-0.25, -0.2) is 4.98 Å². The van der Waals surface area contributed by atoms with E-state index in [1.165, 1.54) is 11.7 Å². The molecule has 1 N–H and O–H groups in total. The van der Waals surface area contributed by atoms with Crippen LogP contribution in [-0.2, 0) is 17.8 Å². The van der Waals surface area contributed by atoms with Gasteiger partial charge in [-0.3, -0.25) is 4.90 Å². The van der Waals surface area contributed by atoms with Gasteiger partial charge in [0.1, 0.15) is 16.9 Å². The molecule has 3 aromatic rings. The Labute approximate surface area is 144 Å². The predicted molar refractivity (Wildman–Crippen MR) is 95.1 cm³/mol. The number of aromatic nitrogens is 3. The van der Waals surface area contributed by atoms with Crippen molar-refractivity contribution in [2.45, 2.75) is 13.1 Å². The van der Waals surface area contributed by atoms with Crippen molar-refractivity contribution in [3.63, 3.8) is 0 Å². The molecule has 0 amide bonds. The molecule has 0 bridgehead atoms. The maximum absolute atomic E-state index is 5.39. The molecule has 124 valence electrons. The van der Waals surface area contributed by atoms with Crippen LogP contribution in [0.25, 0.3) is 11.0 Å². The van der Waals surface area contributed by atoms with Gasteiger partial charge in [0, 0.05) is 31.7 Å². The molecule has 0 spiro atoms. The molecule has 4 rings (SSSR count). The van der Waals surface area contributed by atoms with Crippen molar-refractivity contribution in [2.75, 3.05) is 31.6 Å². The Balaban J connectivity index is 1.43. The smallest absolute Gasteiger partial charge is 0.126 e. The largest absolute Gasteiger partial charge is 0.379 e. The van der Waals surface area contributed by atoms with Crippen LogP contribution in [-0.4, -0.2) is 44.9 Å². The molecule has 1 aliphatic rings. The molecule has 7 heteroatoms. The van der Waals surface area contributed by atoms with Crippen molar-refractivity contribution in [3.8, 4) is 0 Å². The van der Waals surface area contributed by atoms with Crippen LogP contribution in [0, 0.1) is 0 Å². The SMILES string of the molecule is c1cc(CN2CCOCC2)nc(NCc2cccc3nsnc23)c1. The van der Waals surface area contributed by atoms with Crippen LogP contribution in [0.3, 0.4) is 0 Å². The monoisotopic (exact) mass is 341 g/mol. The van der Waals surface area contributed by atoms with E-state index in [1.54, 1.807) is 0 Å². The summed E-state index contributed by atoms with van der Waals surface area (Å²) in [7, 11) is 0. The molecule has 0 radical (unpaired) electrons. The fraction of sp³-hybridized carbons (Fsp3) is 0.353. The Bertz CT molecular complexity index is 815. The van der Waals surface area contributed by atoms with Crippen LogP contribution >= 0.6 is 11.7 Å². The molecule has 2 aromatic heterocycles. The molecule has 1 saturated heterocycles. The molecule has 0 unspecified atom stereocenters. The zero-order chi connectivity index (χ0) is 16.2. The average molecular weight is 341 g/mol. The molecule has 0 saturated carbocycles. The van der Waals surface area contributed by atoms with Gasteiger partial charge in [0.05, 0.1) is 30.6 Å². The van der Waals surface area contributed by atoms with Gasteiger partial charge in [0.15, 0.2) is 0 Å². The number of hydrogen-bond acceptors (Lipinski definition) is 7. The maximum atomic E-state index is 5.39. The Kier molecular flexibility index (Phi) is 4.64. The van der Waals surface area contributed by atoms with Crippen molar-refractivity contribution in [3.05, 3.63) is 47.7 Å². The third kappa shape index (κ3) is 3.53. The Morgan fingerprint density at radius 2 is 1.96 bits per heavy atom. The average Bonchev–Trinajstić information content (AvgIpc) is 3.10. The molecule has 1 fully saturated rings. The summed E-state index contributed by atoms with van der Waals surface area (Å²) in [5.74, 6) is 0.890. The number of fused-ring (bicyclic) bond motifs is 1. The summed E-state index contributed by atoms with van der Waals surface area (Å²) in [5.41, 5.74) is 4.14. The number of nitrogens with zero attached hydrogens (tertiary/aromatic N) is 4. The van der Waals surface area contributed by atoms with E-state index < -0.39 is 0 Å². The first-order valence-electron chi connectivity index (χ1n) is 8.08. The lowest BCUT2D eigenvalue weighted by Gasteiger charge is -2.26. The highest BCUT2D eigenvalue weighted by atomic mass is 32.1. The van der Waals surface area contributed by atoms with Crippen LogP contribution in [0.5, 0.6) is 0 Å². The zero-order valence-electron chi connectivity index (χ0n) is 13.3. The summed E-state index contributed by atoms with van der Waals surface area (Å²) in [6.07, 6.45) is 0. The van der Waals surface area contributed by atoms with E-state index in [4.69, 9.17) is 9.72 Å². The van der Waals surface area contributed by atoms with Crippen molar-refractivity contribution >= 4 is 28.6 Å². The fourth-order valence-electron chi connectivity index (χ4n) is 2.84. The topological polar surface area (TPSA) is 63.2 Å². The van der Waals surface area contributed by atoms with Crippen LogP contribution in [0.15, 0.2) is 36.4 Å². The first kappa shape index (κ1) is 15.4. The van der Waals surface area contributed by atoms with Gasteiger partial charge >= 0.3 is 0 Å². The number of nitrogens with one attached hydrogen (secondary N) is 1. The van der Waals surface area contributed by atoms with E-state index in [9.17, 15) is 0 Å². The molecule has 1 aromatic carbocycles. The number of pyridine rings is 1. The van der Waals surface area contributed by atoms with E-state index in [0.29, 0.717) is 6.54 Å². The molecule has 3 heterocycles. The Morgan fingerprint density at radius 1 is 1.08 bits per heavy atom. The fourth-order valence-corrected chi connectivity index (χ4v) is 3.41. The van der Waals surface area contributed by atoms with Crippen LogP contribution < -0.4 is 5.32 Å². The summed E-state index contributed by atoms with van der Waals surface area (Å²) in [5, 5.41) is 3.40. The Morgan fingerprint density at radius 3 is 2.88 bits per heavy atom. The quantitative estimate of drug-likeness (QED) is 0.769. The highest BCUT2D eigenvalue weighted by Crippen LogP contribution is 2.18. The van der Waals surface area contributed by atoms with Crippen LogP contribution in [0.2, 0.25) is 0 Å². The molecule has 0 aliphatic carbocycles. The summed E-state index contributed by atoms with van der Waals surface area (Å²) < 4.78 is 14.1. The van der Waals surface area contributed by atoms with Crippen molar-refractivity contribution < 1.29 is 4.74 Å². The van der Waals surface area contributed by atoms with Crippen molar-refractivity contribution in [1.82, 2.24) is 18.6 Å². The third-order valence-corrected chi connectivity index (χ3v) is 4.67. The number of anilines is 1.